The fourth-order valence-electron chi connectivity index (χ4n) is 12.8. The molecular formula is C41H64O14. The number of carbonyl (C=O) groups excluding carboxylic acids is 1. The Morgan fingerprint density at radius 1 is 0.691 bits per heavy atom. The number of aliphatic hydroxyl groups is 6. The van der Waals surface area contributed by atoms with Crippen molar-refractivity contribution in [2.45, 2.75) is 197 Å². The molecule has 14 heteroatoms. The van der Waals surface area contributed by atoms with Gasteiger partial charge in [-0.05, 0) is 107 Å². The van der Waals surface area contributed by atoms with Gasteiger partial charge in [0.25, 0.3) is 0 Å². The monoisotopic (exact) mass is 780 g/mol. The van der Waals surface area contributed by atoms with Crippen molar-refractivity contribution in [1.29, 1.82) is 0 Å². The maximum absolute atomic E-state index is 12.6. The fraction of sp³-hybridized carbons (Fsp3) is 0.927. The highest BCUT2D eigenvalue weighted by Gasteiger charge is 2.71. The van der Waals surface area contributed by atoms with Gasteiger partial charge < -0.3 is 63.8 Å². The van der Waals surface area contributed by atoms with Crippen LogP contribution in [-0.4, -0.2) is 135 Å². The molecule has 8 aliphatic rings. The second kappa shape index (κ2) is 15.1. The molecule has 6 N–H and O–H groups in total. The summed E-state index contributed by atoms with van der Waals surface area (Å²) in [6.07, 6.45) is -1.51. The Morgan fingerprint density at radius 3 is 1.87 bits per heavy atom. The molecule has 4 saturated carbocycles. The summed E-state index contributed by atoms with van der Waals surface area (Å²) >= 11 is 0. The molecule has 0 aromatic carbocycles. The molecule has 0 spiro atoms. The quantitative estimate of drug-likeness (QED) is 0.162. The van der Waals surface area contributed by atoms with Crippen molar-refractivity contribution in [2.24, 2.45) is 34.5 Å². The standard InChI is InChI=1S/C41H64O14/c1-19-36(47)28(42)15-34(50-19)54-38-21(3)52-35(17-30(38)44)55-37-20(2)51-33(16-29(37)43)53-24-8-10-39(4)23(13-24)6-7-26-27(39)14-31(45)40(5)25(9-11-41(26,40)48)22-12-32(46)49-18-22/h12,19-21,23-31,33-38,42-45,47-48H,6-11,13-18H2,1-5H3/t19-,20-,21-,23?,24+,25-,26?,27?,28+,29+,30+,31-,33?,34+,35+,36-,37?,38?,39+,40+,41+/m1/s1. The van der Waals surface area contributed by atoms with E-state index in [2.05, 4.69) is 6.92 Å². The molecule has 4 aliphatic carbocycles. The van der Waals surface area contributed by atoms with Gasteiger partial charge in [0.15, 0.2) is 18.9 Å². The second-order valence-electron chi connectivity index (χ2n) is 18.8. The molecule has 0 radical (unpaired) electrons. The van der Waals surface area contributed by atoms with Crippen LogP contribution in [0, 0.1) is 34.5 Å². The smallest absolute Gasteiger partial charge is 0.331 e. The van der Waals surface area contributed by atoms with Crippen molar-refractivity contribution < 1.29 is 68.6 Å². The first kappa shape index (κ1) is 40.5. The summed E-state index contributed by atoms with van der Waals surface area (Å²) in [6, 6.07) is 0. The molecule has 312 valence electrons. The molecule has 3 saturated heterocycles. The van der Waals surface area contributed by atoms with E-state index in [-0.39, 0.29) is 61.1 Å². The molecule has 8 rings (SSSR count). The van der Waals surface area contributed by atoms with Crippen LogP contribution in [-0.2, 0) is 38.0 Å². The van der Waals surface area contributed by atoms with Crippen LogP contribution in [0.1, 0.15) is 105 Å². The maximum Gasteiger partial charge on any atom is 0.331 e. The molecule has 6 unspecified atom stereocenters. The number of esters is 1. The van der Waals surface area contributed by atoms with E-state index in [4.69, 9.17) is 33.2 Å². The van der Waals surface area contributed by atoms with Gasteiger partial charge in [0, 0.05) is 30.8 Å². The first-order chi connectivity index (χ1) is 26.0. The fourth-order valence-corrected chi connectivity index (χ4v) is 12.8. The molecule has 7 fully saturated rings. The third-order valence-corrected chi connectivity index (χ3v) is 16.0. The van der Waals surface area contributed by atoms with Crippen LogP contribution in [0.25, 0.3) is 0 Å². The minimum Gasteiger partial charge on any atom is -0.458 e. The topological polar surface area (TPSA) is 203 Å². The third kappa shape index (κ3) is 6.95. The van der Waals surface area contributed by atoms with Crippen molar-refractivity contribution in [1.82, 2.24) is 0 Å². The third-order valence-electron chi connectivity index (χ3n) is 16.0. The van der Waals surface area contributed by atoms with Crippen LogP contribution in [0.15, 0.2) is 11.6 Å². The predicted molar refractivity (Wildman–Crippen MR) is 193 cm³/mol. The van der Waals surface area contributed by atoms with Crippen LogP contribution in [0.3, 0.4) is 0 Å². The van der Waals surface area contributed by atoms with Gasteiger partial charge in [-0.1, -0.05) is 13.8 Å². The van der Waals surface area contributed by atoms with E-state index in [1.807, 2.05) is 13.8 Å². The molecule has 55 heavy (non-hydrogen) atoms. The Hall–Kier alpha value is -1.27. The van der Waals surface area contributed by atoms with E-state index in [0.29, 0.717) is 18.8 Å². The summed E-state index contributed by atoms with van der Waals surface area (Å²) in [6.45, 7) is 9.90. The minimum atomic E-state index is -1.01. The minimum absolute atomic E-state index is 0.0452. The van der Waals surface area contributed by atoms with Gasteiger partial charge in [0.2, 0.25) is 0 Å². The molecule has 0 bridgehead atoms. The van der Waals surface area contributed by atoms with Crippen molar-refractivity contribution in [3.05, 3.63) is 11.6 Å². The van der Waals surface area contributed by atoms with Gasteiger partial charge >= 0.3 is 5.97 Å². The summed E-state index contributed by atoms with van der Waals surface area (Å²) < 4.78 is 42.1. The highest BCUT2D eigenvalue weighted by Crippen LogP contribution is 2.70. The lowest BCUT2D eigenvalue weighted by Crippen LogP contribution is -2.67. The number of rotatable bonds is 7. The SMILES string of the molecule is C[C@H]1OC(O[C@H]2CC[C@@]3(C)C(CCC4C3C[C@@H](O)[C@]3(C)[C@@H](C5=CC(=O)OC5)CC[C@]43O)C2)C[C@H](O)C1O[C@H]1C[C@H](O)C(O[C@H]2C[C@H](O)[C@H](O)[C@@H](C)O2)[C@@H](C)O1. The number of hydrogen-bond donors (Lipinski definition) is 6. The van der Waals surface area contributed by atoms with Crippen LogP contribution in [0.5, 0.6) is 0 Å². The van der Waals surface area contributed by atoms with Gasteiger partial charge in [-0.25, -0.2) is 4.79 Å². The molecular weight excluding hydrogens is 716 g/mol. The normalized spacial score (nSPS) is 55.5. The average molecular weight is 781 g/mol. The number of aliphatic hydroxyl groups excluding tert-OH is 5. The van der Waals surface area contributed by atoms with Crippen LogP contribution < -0.4 is 0 Å². The van der Waals surface area contributed by atoms with E-state index >= 15 is 0 Å². The van der Waals surface area contributed by atoms with E-state index in [0.717, 1.165) is 44.1 Å². The summed E-state index contributed by atoms with van der Waals surface area (Å²) in [5, 5.41) is 66.9. The van der Waals surface area contributed by atoms with Crippen LogP contribution in [0.4, 0.5) is 0 Å². The lowest BCUT2D eigenvalue weighted by Gasteiger charge is -2.65. The maximum atomic E-state index is 12.6. The number of ether oxygens (including phenoxy) is 7. The van der Waals surface area contributed by atoms with E-state index < -0.39 is 90.9 Å². The van der Waals surface area contributed by atoms with E-state index in [1.165, 1.54) is 0 Å². The second-order valence-corrected chi connectivity index (χ2v) is 18.8. The van der Waals surface area contributed by atoms with Crippen molar-refractivity contribution in [2.75, 3.05) is 6.61 Å². The van der Waals surface area contributed by atoms with Crippen LogP contribution in [0.2, 0.25) is 0 Å². The molecule has 21 atom stereocenters. The lowest BCUT2D eigenvalue weighted by atomic mass is 9.42. The number of fused-ring (bicyclic) bond motifs is 5. The zero-order valence-electron chi connectivity index (χ0n) is 32.9. The Bertz CT molecular complexity index is 1410. The summed E-state index contributed by atoms with van der Waals surface area (Å²) in [5.41, 5.74) is -0.892. The van der Waals surface area contributed by atoms with Crippen molar-refractivity contribution in [3.8, 4) is 0 Å². The van der Waals surface area contributed by atoms with E-state index in [9.17, 15) is 35.4 Å². The molecule has 0 aromatic rings. The summed E-state index contributed by atoms with van der Waals surface area (Å²) in [7, 11) is 0. The van der Waals surface area contributed by atoms with Gasteiger partial charge in [0.05, 0.1) is 54.4 Å². The predicted octanol–water partition coefficient (Wildman–Crippen LogP) is 2.22. The average Bonchev–Trinajstić information content (AvgIpc) is 3.67. The number of carbonyl (C=O) groups is 1. The largest absolute Gasteiger partial charge is 0.458 e. The van der Waals surface area contributed by atoms with Crippen LogP contribution >= 0.6 is 0 Å². The first-order valence-electron chi connectivity index (χ1n) is 20.9. The zero-order valence-corrected chi connectivity index (χ0v) is 32.9. The van der Waals surface area contributed by atoms with Gasteiger partial charge in [0.1, 0.15) is 24.9 Å². The Balaban J connectivity index is 0.837. The highest BCUT2D eigenvalue weighted by molar-refractivity contribution is 5.85. The zero-order chi connectivity index (χ0) is 39.2. The number of cyclic esters (lactones) is 1. The van der Waals surface area contributed by atoms with E-state index in [1.54, 1.807) is 19.9 Å². The molecule has 0 aromatic heterocycles. The summed E-state index contributed by atoms with van der Waals surface area (Å²) in [4.78, 5) is 11.9. The first-order valence-corrected chi connectivity index (χ1v) is 20.9. The van der Waals surface area contributed by atoms with Gasteiger partial charge in [-0.2, -0.15) is 0 Å². The van der Waals surface area contributed by atoms with Crippen molar-refractivity contribution in [3.63, 3.8) is 0 Å². The molecule has 4 aliphatic heterocycles. The Morgan fingerprint density at radius 2 is 1.29 bits per heavy atom. The summed E-state index contributed by atoms with van der Waals surface area (Å²) in [5.74, 6) is 0.204. The molecule has 4 heterocycles. The lowest BCUT2D eigenvalue weighted by molar-refractivity contribution is -0.336. The molecule has 0 amide bonds. The Kier molecular flexibility index (Phi) is 11.1. The molecule has 14 nitrogen and oxygen atoms in total. The Labute approximate surface area is 323 Å². The number of hydrogen-bond acceptors (Lipinski definition) is 14. The van der Waals surface area contributed by atoms with Gasteiger partial charge in [-0.15, -0.1) is 0 Å². The highest BCUT2D eigenvalue weighted by atomic mass is 16.7. The van der Waals surface area contributed by atoms with Gasteiger partial charge in [-0.3, -0.25) is 0 Å². The van der Waals surface area contributed by atoms with Crippen molar-refractivity contribution >= 4 is 5.97 Å².